The summed E-state index contributed by atoms with van der Waals surface area (Å²) in [6.45, 7) is 2.36. The molecule has 2 nitrogen and oxygen atoms in total. The number of hydrogen-bond donors (Lipinski definition) is 1. The van der Waals surface area contributed by atoms with Crippen LogP contribution in [0.1, 0.15) is 42.4 Å². The number of benzene rings is 1. The standard InChI is InChI=1S/C17H25NO/c1-19-17-11-15-7-3-2-6-14(15)10-16(17)9-13-5-4-8-18-12-13/h10-11,13,18H,2-9,12H2,1H3. The summed E-state index contributed by atoms with van der Waals surface area (Å²) >= 11 is 0. The first-order valence-electron chi connectivity index (χ1n) is 7.76. The molecule has 1 fully saturated rings. The molecule has 1 atom stereocenters. The molecule has 1 aromatic rings. The molecular formula is C17H25NO. The van der Waals surface area contributed by atoms with E-state index >= 15 is 0 Å². The van der Waals surface area contributed by atoms with E-state index in [9.17, 15) is 0 Å². The maximum absolute atomic E-state index is 5.63. The molecule has 1 aliphatic carbocycles. The highest BCUT2D eigenvalue weighted by molar-refractivity contribution is 5.44. The van der Waals surface area contributed by atoms with Crippen LogP contribution >= 0.6 is 0 Å². The van der Waals surface area contributed by atoms with Crippen molar-refractivity contribution in [1.29, 1.82) is 0 Å². The van der Waals surface area contributed by atoms with Crippen molar-refractivity contribution in [2.24, 2.45) is 5.92 Å². The second-order valence-corrected chi connectivity index (χ2v) is 6.06. The van der Waals surface area contributed by atoms with Crippen molar-refractivity contribution in [3.8, 4) is 5.75 Å². The molecule has 0 amide bonds. The summed E-state index contributed by atoms with van der Waals surface area (Å²) in [5, 5.41) is 3.51. The highest BCUT2D eigenvalue weighted by Gasteiger charge is 2.18. The minimum atomic E-state index is 0.782. The van der Waals surface area contributed by atoms with Crippen LogP contribution in [0.25, 0.3) is 0 Å². The molecule has 104 valence electrons. The molecule has 1 saturated heterocycles. The number of nitrogens with one attached hydrogen (secondary N) is 1. The molecule has 0 bridgehead atoms. The molecule has 0 spiro atoms. The summed E-state index contributed by atoms with van der Waals surface area (Å²) in [6, 6.07) is 4.74. The zero-order valence-corrected chi connectivity index (χ0v) is 12.0. The van der Waals surface area contributed by atoms with E-state index in [0.29, 0.717) is 0 Å². The van der Waals surface area contributed by atoms with Crippen molar-refractivity contribution in [3.05, 3.63) is 28.8 Å². The van der Waals surface area contributed by atoms with Crippen LogP contribution in [-0.4, -0.2) is 20.2 Å². The molecule has 1 aliphatic heterocycles. The van der Waals surface area contributed by atoms with Gasteiger partial charge in [0.2, 0.25) is 0 Å². The van der Waals surface area contributed by atoms with Crippen molar-refractivity contribution in [3.63, 3.8) is 0 Å². The van der Waals surface area contributed by atoms with Gasteiger partial charge in [0, 0.05) is 0 Å². The molecule has 0 saturated carbocycles. The number of fused-ring (bicyclic) bond motifs is 1. The maximum Gasteiger partial charge on any atom is 0.122 e. The van der Waals surface area contributed by atoms with Crippen LogP contribution in [-0.2, 0) is 19.3 Å². The molecule has 1 heterocycles. The highest BCUT2D eigenvalue weighted by atomic mass is 16.5. The van der Waals surface area contributed by atoms with Crippen LogP contribution in [0, 0.1) is 5.92 Å². The molecule has 1 unspecified atom stereocenters. The molecule has 3 rings (SSSR count). The Morgan fingerprint density at radius 2 is 1.95 bits per heavy atom. The van der Waals surface area contributed by atoms with Crippen LogP contribution in [0.2, 0.25) is 0 Å². The van der Waals surface area contributed by atoms with E-state index in [2.05, 4.69) is 17.4 Å². The zero-order chi connectivity index (χ0) is 13.1. The lowest BCUT2D eigenvalue weighted by Crippen LogP contribution is -2.31. The number of aryl methyl sites for hydroxylation is 2. The maximum atomic E-state index is 5.63. The lowest BCUT2D eigenvalue weighted by atomic mass is 9.86. The van der Waals surface area contributed by atoms with Gasteiger partial charge in [0.1, 0.15) is 5.75 Å². The molecule has 2 heteroatoms. The molecule has 19 heavy (non-hydrogen) atoms. The van der Waals surface area contributed by atoms with Crippen molar-refractivity contribution in [2.75, 3.05) is 20.2 Å². The van der Waals surface area contributed by atoms with E-state index in [4.69, 9.17) is 4.74 Å². The average molecular weight is 259 g/mol. The van der Waals surface area contributed by atoms with E-state index in [1.165, 1.54) is 69.2 Å². The summed E-state index contributed by atoms with van der Waals surface area (Å²) in [7, 11) is 1.81. The molecule has 0 aromatic heterocycles. The fraction of sp³-hybridized carbons (Fsp3) is 0.647. The Morgan fingerprint density at radius 3 is 2.63 bits per heavy atom. The largest absolute Gasteiger partial charge is 0.496 e. The fourth-order valence-electron chi connectivity index (χ4n) is 3.57. The van der Waals surface area contributed by atoms with Gasteiger partial charge in [-0.3, -0.25) is 0 Å². The van der Waals surface area contributed by atoms with Crippen LogP contribution in [0.5, 0.6) is 5.75 Å². The van der Waals surface area contributed by atoms with Crippen molar-refractivity contribution in [2.45, 2.75) is 44.9 Å². The number of rotatable bonds is 3. The van der Waals surface area contributed by atoms with Crippen molar-refractivity contribution in [1.82, 2.24) is 5.32 Å². The third-order valence-corrected chi connectivity index (χ3v) is 4.65. The number of hydrogen-bond acceptors (Lipinski definition) is 2. The first-order chi connectivity index (χ1) is 9.36. The quantitative estimate of drug-likeness (QED) is 0.900. The number of methoxy groups -OCH3 is 1. The molecular weight excluding hydrogens is 234 g/mol. The van der Waals surface area contributed by atoms with Gasteiger partial charge in [0.05, 0.1) is 7.11 Å². The van der Waals surface area contributed by atoms with Crippen LogP contribution in [0.4, 0.5) is 0 Å². The predicted molar refractivity (Wildman–Crippen MR) is 78.9 cm³/mol. The normalized spacial score (nSPS) is 22.9. The Morgan fingerprint density at radius 1 is 1.16 bits per heavy atom. The van der Waals surface area contributed by atoms with E-state index in [0.717, 1.165) is 11.7 Å². The Labute approximate surface area is 116 Å². The molecule has 1 aromatic carbocycles. The minimum Gasteiger partial charge on any atom is -0.496 e. The van der Waals surface area contributed by atoms with Gasteiger partial charge in [0.15, 0.2) is 0 Å². The van der Waals surface area contributed by atoms with Gasteiger partial charge >= 0.3 is 0 Å². The van der Waals surface area contributed by atoms with E-state index < -0.39 is 0 Å². The van der Waals surface area contributed by atoms with Crippen LogP contribution in [0.15, 0.2) is 12.1 Å². The summed E-state index contributed by atoms with van der Waals surface area (Å²) in [6.07, 6.45) is 9.02. The Kier molecular flexibility index (Phi) is 4.07. The lowest BCUT2D eigenvalue weighted by Gasteiger charge is -2.25. The molecule has 2 aliphatic rings. The summed E-state index contributed by atoms with van der Waals surface area (Å²) in [4.78, 5) is 0. The Balaban J connectivity index is 1.82. The molecule has 0 radical (unpaired) electrons. The Hall–Kier alpha value is -1.02. The van der Waals surface area contributed by atoms with E-state index in [1.807, 2.05) is 7.11 Å². The summed E-state index contributed by atoms with van der Waals surface area (Å²) in [5.74, 6) is 1.90. The van der Waals surface area contributed by atoms with Gasteiger partial charge in [-0.2, -0.15) is 0 Å². The van der Waals surface area contributed by atoms with Gasteiger partial charge < -0.3 is 10.1 Å². The topological polar surface area (TPSA) is 21.3 Å². The van der Waals surface area contributed by atoms with Crippen LogP contribution < -0.4 is 10.1 Å². The third kappa shape index (κ3) is 2.94. The lowest BCUT2D eigenvalue weighted by molar-refractivity contribution is 0.363. The van der Waals surface area contributed by atoms with Crippen molar-refractivity contribution >= 4 is 0 Å². The fourth-order valence-corrected chi connectivity index (χ4v) is 3.57. The minimum absolute atomic E-state index is 0.782. The number of ether oxygens (including phenoxy) is 1. The first-order valence-corrected chi connectivity index (χ1v) is 7.76. The van der Waals surface area contributed by atoms with E-state index in [1.54, 1.807) is 5.56 Å². The third-order valence-electron chi connectivity index (χ3n) is 4.65. The van der Waals surface area contributed by atoms with Gasteiger partial charge in [-0.05, 0) is 86.7 Å². The second-order valence-electron chi connectivity index (χ2n) is 6.06. The molecule has 1 N–H and O–H groups in total. The van der Waals surface area contributed by atoms with Crippen molar-refractivity contribution < 1.29 is 4.74 Å². The second kappa shape index (κ2) is 5.96. The van der Waals surface area contributed by atoms with E-state index in [-0.39, 0.29) is 0 Å². The Bertz CT molecular complexity index is 435. The first kappa shape index (κ1) is 13.0. The monoisotopic (exact) mass is 259 g/mol. The summed E-state index contributed by atoms with van der Waals surface area (Å²) < 4.78 is 5.63. The van der Waals surface area contributed by atoms with Gasteiger partial charge in [-0.25, -0.2) is 0 Å². The smallest absolute Gasteiger partial charge is 0.122 e. The number of piperidine rings is 1. The highest BCUT2D eigenvalue weighted by Crippen LogP contribution is 2.31. The van der Waals surface area contributed by atoms with Gasteiger partial charge in [-0.15, -0.1) is 0 Å². The average Bonchev–Trinajstić information content (AvgIpc) is 2.47. The SMILES string of the molecule is COc1cc2c(cc1CC1CCCNC1)CCCC2. The zero-order valence-electron chi connectivity index (χ0n) is 12.0. The predicted octanol–water partition coefficient (Wildman–Crippen LogP) is 3.12. The summed E-state index contributed by atoms with van der Waals surface area (Å²) in [5.41, 5.74) is 4.52. The van der Waals surface area contributed by atoms with Gasteiger partial charge in [-0.1, -0.05) is 6.07 Å². The van der Waals surface area contributed by atoms with Crippen LogP contribution in [0.3, 0.4) is 0 Å². The van der Waals surface area contributed by atoms with Gasteiger partial charge in [0.25, 0.3) is 0 Å².